The Morgan fingerprint density at radius 1 is 0.694 bits per heavy atom. The second kappa shape index (κ2) is 10.7. The lowest BCUT2D eigenvalue weighted by Crippen LogP contribution is -3.00. The molecule has 4 aromatic carbocycles. The van der Waals surface area contributed by atoms with Gasteiger partial charge in [-0.05, 0) is 55.5 Å². The Balaban J connectivity index is 0.00000304. The molecule has 1 heterocycles. The average molecular weight is 580 g/mol. The van der Waals surface area contributed by atoms with E-state index in [4.69, 9.17) is 0 Å². The number of sulfonamides is 1. The fourth-order valence-corrected chi connectivity index (χ4v) is 11.4. The second-order valence-electron chi connectivity index (χ2n) is 8.76. The Morgan fingerprint density at radius 3 is 1.53 bits per heavy atom. The van der Waals surface area contributed by atoms with E-state index in [1.807, 2.05) is 61.5 Å². The lowest BCUT2D eigenvalue weighted by molar-refractivity contribution is -0.123. The fraction of sp³-hybridized carbons (Fsp3) is 0.138. The highest BCUT2D eigenvalue weighted by Crippen LogP contribution is 2.62. The van der Waals surface area contributed by atoms with Crippen LogP contribution in [0.2, 0.25) is 0 Å². The standard InChI is InChI=1S/C29H27NO3PS.BrH/c1-23-17-19-27(20-18-23)35(32,33)30-22-21-28(29(30)31)34(24-11-5-2-6-12-24,25-13-7-3-8-14-25)26-15-9-4-10-16-26;/h2-20,28H,21-22H2,1H3;1H/q+1;/p-1. The van der Waals surface area contributed by atoms with Crippen molar-refractivity contribution < 1.29 is 30.2 Å². The molecule has 4 nitrogen and oxygen atoms in total. The van der Waals surface area contributed by atoms with E-state index >= 15 is 0 Å². The topological polar surface area (TPSA) is 54.5 Å². The van der Waals surface area contributed by atoms with Gasteiger partial charge in [-0.3, -0.25) is 4.79 Å². The van der Waals surface area contributed by atoms with Crippen molar-refractivity contribution in [1.29, 1.82) is 0 Å². The van der Waals surface area contributed by atoms with Gasteiger partial charge in [0, 0.05) is 13.0 Å². The lowest BCUT2D eigenvalue weighted by Gasteiger charge is -2.31. The first-order valence-electron chi connectivity index (χ1n) is 11.6. The largest absolute Gasteiger partial charge is 1.00 e. The second-order valence-corrected chi connectivity index (χ2v) is 14.2. The maximum atomic E-state index is 14.1. The van der Waals surface area contributed by atoms with Gasteiger partial charge in [-0.1, -0.05) is 72.3 Å². The van der Waals surface area contributed by atoms with E-state index in [0.29, 0.717) is 6.42 Å². The molecule has 5 rings (SSSR count). The summed E-state index contributed by atoms with van der Waals surface area (Å²) in [5.41, 5.74) is 0.492. The number of hydrogen-bond donors (Lipinski definition) is 0. The van der Waals surface area contributed by atoms with E-state index in [1.165, 1.54) is 0 Å². The Labute approximate surface area is 224 Å². The third-order valence-corrected chi connectivity index (χ3v) is 13.3. The minimum absolute atomic E-state index is 0. The number of nitrogens with zero attached hydrogens (tertiary/aromatic N) is 1. The molecule has 36 heavy (non-hydrogen) atoms. The third-order valence-electron chi connectivity index (χ3n) is 6.70. The van der Waals surface area contributed by atoms with Gasteiger partial charge < -0.3 is 17.0 Å². The summed E-state index contributed by atoms with van der Waals surface area (Å²) in [7, 11) is -6.46. The molecule has 7 heteroatoms. The van der Waals surface area contributed by atoms with E-state index in [0.717, 1.165) is 25.8 Å². The summed E-state index contributed by atoms with van der Waals surface area (Å²) < 4.78 is 28.2. The third kappa shape index (κ3) is 4.43. The van der Waals surface area contributed by atoms with Gasteiger partial charge in [-0.25, -0.2) is 12.7 Å². The molecule has 1 atom stereocenters. The van der Waals surface area contributed by atoms with Gasteiger partial charge in [0.25, 0.3) is 15.9 Å². The van der Waals surface area contributed by atoms with Crippen LogP contribution in [0.3, 0.4) is 0 Å². The van der Waals surface area contributed by atoms with Gasteiger partial charge >= 0.3 is 0 Å². The van der Waals surface area contributed by atoms with Crippen LogP contribution < -0.4 is 32.9 Å². The van der Waals surface area contributed by atoms with Crippen LogP contribution in [0.25, 0.3) is 0 Å². The highest BCUT2D eigenvalue weighted by molar-refractivity contribution is 7.97. The molecule has 0 aliphatic carbocycles. The molecule has 1 unspecified atom stereocenters. The van der Waals surface area contributed by atoms with Crippen molar-refractivity contribution in [3.05, 3.63) is 121 Å². The summed E-state index contributed by atoms with van der Waals surface area (Å²) in [6.07, 6.45) is 0.469. The first-order chi connectivity index (χ1) is 17.0. The Kier molecular flexibility index (Phi) is 7.79. The number of aryl methyl sites for hydroxylation is 1. The van der Waals surface area contributed by atoms with Crippen molar-refractivity contribution in [2.75, 3.05) is 6.54 Å². The molecule has 0 radical (unpaired) electrons. The van der Waals surface area contributed by atoms with Gasteiger partial charge in [0.1, 0.15) is 23.2 Å². The highest BCUT2D eigenvalue weighted by Gasteiger charge is 2.60. The van der Waals surface area contributed by atoms with Crippen LogP contribution in [0.5, 0.6) is 0 Å². The van der Waals surface area contributed by atoms with Gasteiger partial charge in [-0.2, -0.15) is 0 Å². The van der Waals surface area contributed by atoms with Crippen LogP contribution in [0.4, 0.5) is 0 Å². The quantitative estimate of drug-likeness (QED) is 0.323. The van der Waals surface area contributed by atoms with Crippen LogP contribution in [-0.4, -0.2) is 30.8 Å². The molecule has 1 aliphatic rings. The number of benzene rings is 4. The molecule has 1 amide bonds. The molecular formula is C29H27BrNO3PS. The monoisotopic (exact) mass is 579 g/mol. The van der Waals surface area contributed by atoms with Crippen molar-refractivity contribution in [2.24, 2.45) is 0 Å². The Morgan fingerprint density at radius 2 is 1.11 bits per heavy atom. The minimum Gasteiger partial charge on any atom is -1.00 e. The highest BCUT2D eigenvalue weighted by atomic mass is 79.9. The number of carbonyl (C=O) groups is 1. The number of hydrogen-bond acceptors (Lipinski definition) is 3. The molecule has 184 valence electrons. The summed E-state index contributed by atoms with van der Waals surface area (Å²) in [6, 6.07) is 37.1. The van der Waals surface area contributed by atoms with Gasteiger partial charge in [-0.15, -0.1) is 0 Å². The van der Waals surface area contributed by atoms with Crippen LogP contribution >= 0.6 is 7.26 Å². The normalized spacial score (nSPS) is 16.0. The van der Waals surface area contributed by atoms with Gasteiger partial charge in [0.15, 0.2) is 5.66 Å². The summed E-state index contributed by atoms with van der Waals surface area (Å²) in [6.45, 7) is 2.08. The Hall–Kier alpha value is -2.79. The molecule has 0 saturated carbocycles. The van der Waals surface area contributed by atoms with Gasteiger partial charge in [0.2, 0.25) is 0 Å². The summed E-state index contributed by atoms with van der Waals surface area (Å²) in [4.78, 5) is 14.3. The van der Waals surface area contributed by atoms with Gasteiger partial charge in [0.05, 0.1) is 4.90 Å². The van der Waals surface area contributed by atoms with E-state index in [-0.39, 0.29) is 34.3 Å². The summed E-state index contributed by atoms with van der Waals surface area (Å²) >= 11 is 0. The maximum Gasteiger partial charge on any atom is 0.278 e. The first-order valence-corrected chi connectivity index (χ1v) is 14.9. The predicted molar refractivity (Wildman–Crippen MR) is 144 cm³/mol. The zero-order valence-electron chi connectivity index (χ0n) is 19.9. The van der Waals surface area contributed by atoms with Crippen molar-refractivity contribution >= 4 is 39.1 Å². The van der Waals surface area contributed by atoms with Crippen molar-refractivity contribution in [1.82, 2.24) is 4.31 Å². The zero-order valence-corrected chi connectivity index (χ0v) is 23.2. The van der Waals surface area contributed by atoms with Crippen LogP contribution in [0.1, 0.15) is 12.0 Å². The average Bonchev–Trinajstić information content (AvgIpc) is 3.29. The zero-order chi connectivity index (χ0) is 24.5. The molecule has 0 aromatic heterocycles. The fourth-order valence-electron chi connectivity index (χ4n) is 5.05. The SMILES string of the molecule is Cc1ccc(S(=O)(=O)N2CCC([P+](c3ccccc3)(c3ccccc3)c3ccccc3)C2=O)cc1.[Br-]. The van der Waals surface area contributed by atoms with E-state index in [1.54, 1.807) is 24.3 Å². The number of amides is 1. The van der Waals surface area contributed by atoms with E-state index in [2.05, 4.69) is 36.4 Å². The van der Waals surface area contributed by atoms with Crippen LogP contribution in [0, 0.1) is 6.92 Å². The summed E-state index contributed by atoms with van der Waals surface area (Å²) in [5.74, 6) is -0.324. The molecule has 0 N–H and O–H groups in total. The minimum atomic E-state index is -3.94. The molecule has 4 aromatic rings. The van der Waals surface area contributed by atoms with Crippen molar-refractivity contribution in [3.63, 3.8) is 0 Å². The van der Waals surface area contributed by atoms with Crippen LogP contribution in [-0.2, 0) is 14.8 Å². The maximum absolute atomic E-state index is 14.1. The predicted octanol–water partition coefficient (Wildman–Crippen LogP) is 1.28. The van der Waals surface area contributed by atoms with E-state index in [9.17, 15) is 13.2 Å². The summed E-state index contributed by atoms with van der Waals surface area (Å²) in [5, 5.41) is 3.22. The lowest BCUT2D eigenvalue weighted by atomic mass is 10.2. The first kappa shape index (κ1) is 26.3. The smallest absolute Gasteiger partial charge is 0.278 e. The molecule has 0 bridgehead atoms. The molecule has 1 aliphatic heterocycles. The number of halogens is 1. The van der Waals surface area contributed by atoms with Crippen molar-refractivity contribution in [3.8, 4) is 0 Å². The molecule has 1 saturated heterocycles. The number of rotatable bonds is 6. The molecule has 0 spiro atoms. The van der Waals surface area contributed by atoms with Crippen LogP contribution in [0.15, 0.2) is 120 Å². The number of carbonyl (C=O) groups excluding carboxylic acids is 1. The molecule has 1 fully saturated rings. The molecular weight excluding hydrogens is 553 g/mol. The van der Waals surface area contributed by atoms with Crippen molar-refractivity contribution in [2.45, 2.75) is 23.9 Å². The Bertz CT molecular complexity index is 1330. The van der Waals surface area contributed by atoms with E-state index < -0.39 is 22.9 Å².